The fourth-order valence-corrected chi connectivity index (χ4v) is 2.93. The summed E-state index contributed by atoms with van der Waals surface area (Å²) in [5, 5.41) is 9.81. The van der Waals surface area contributed by atoms with Crippen molar-refractivity contribution in [2.75, 3.05) is 31.1 Å². The fourth-order valence-electron chi connectivity index (χ4n) is 2.93. The van der Waals surface area contributed by atoms with E-state index in [1.54, 1.807) is 0 Å². The quantitative estimate of drug-likeness (QED) is 0.900. The van der Waals surface area contributed by atoms with Gasteiger partial charge in [0.1, 0.15) is 0 Å². The zero-order valence-corrected chi connectivity index (χ0v) is 11.8. The highest BCUT2D eigenvalue weighted by molar-refractivity contribution is 5.48. The Hall–Kier alpha value is -1.06. The van der Waals surface area contributed by atoms with Gasteiger partial charge >= 0.3 is 0 Å². The number of piperazine rings is 1. The van der Waals surface area contributed by atoms with E-state index in [9.17, 15) is 5.11 Å². The van der Waals surface area contributed by atoms with Crippen molar-refractivity contribution in [2.24, 2.45) is 0 Å². The standard InChI is InChI=1S/C16H24N2O/c1-2-16(19)13-3-5-14(6-4-13)17-9-11-18(12-10-17)15-7-8-15/h3-6,15-16,19H,2,7-12H2,1H3/t16-/m0/s1. The molecule has 1 N–H and O–H groups in total. The van der Waals surface area contributed by atoms with Crippen LogP contribution in [0.25, 0.3) is 0 Å². The number of aliphatic hydroxyl groups is 1. The second-order valence-corrected chi connectivity index (χ2v) is 5.77. The monoisotopic (exact) mass is 260 g/mol. The van der Waals surface area contributed by atoms with Crippen molar-refractivity contribution in [1.29, 1.82) is 0 Å². The first kappa shape index (κ1) is 12.9. The van der Waals surface area contributed by atoms with Gasteiger partial charge in [0.2, 0.25) is 0 Å². The van der Waals surface area contributed by atoms with Crippen LogP contribution in [0.4, 0.5) is 5.69 Å². The van der Waals surface area contributed by atoms with E-state index in [1.807, 2.05) is 6.92 Å². The normalized spacial score (nSPS) is 22.5. The highest BCUT2D eigenvalue weighted by Gasteiger charge is 2.31. The third kappa shape index (κ3) is 2.93. The van der Waals surface area contributed by atoms with Gasteiger partial charge in [-0.3, -0.25) is 4.90 Å². The number of anilines is 1. The molecule has 1 aromatic rings. The van der Waals surface area contributed by atoms with Crippen molar-refractivity contribution < 1.29 is 5.11 Å². The van der Waals surface area contributed by atoms with Crippen LogP contribution < -0.4 is 4.90 Å². The van der Waals surface area contributed by atoms with E-state index in [4.69, 9.17) is 0 Å². The maximum atomic E-state index is 9.81. The van der Waals surface area contributed by atoms with Crippen LogP contribution in [0.5, 0.6) is 0 Å². The third-order valence-electron chi connectivity index (χ3n) is 4.41. The second-order valence-electron chi connectivity index (χ2n) is 5.77. The van der Waals surface area contributed by atoms with Crippen LogP contribution in [0.3, 0.4) is 0 Å². The summed E-state index contributed by atoms with van der Waals surface area (Å²) in [6.07, 6.45) is 3.27. The summed E-state index contributed by atoms with van der Waals surface area (Å²) >= 11 is 0. The topological polar surface area (TPSA) is 26.7 Å². The highest BCUT2D eigenvalue weighted by Crippen LogP contribution is 2.28. The van der Waals surface area contributed by atoms with Gasteiger partial charge < -0.3 is 10.0 Å². The smallest absolute Gasteiger partial charge is 0.0787 e. The minimum Gasteiger partial charge on any atom is -0.388 e. The largest absolute Gasteiger partial charge is 0.388 e. The molecule has 0 bridgehead atoms. The van der Waals surface area contributed by atoms with Gasteiger partial charge in [-0.25, -0.2) is 0 Å². The zero-order valence-electron chi connectivity index (χ0n) is 11.8. The molecule has 0 unspecified atom stereocenters. The summed E-state index contributed by atoms with van der Waals surface area (Å²) in [7, 11) is 0. The van der Waals surface area contributed by atoms with E-state index in [1.165, 1.54) is 31.6 Å². The van der Waals surface area contributed by atoms with Crippen molar-refractivity contribution in [2.45, 2.75) is 38.3 Å². The Bertz CT molecular complexity index is 405. The molecule has 1 aliphatic heterocycles. The maximum Gasteiger partial charge on any atom is 0.0787 e. The molecule has 0 aromatic heterocycles. The minimum atomic E-state index is -0.319. The van der Waals surface area contributed by atoms with Crippen LogP contribution in [0.1, 0.15) is 37.9 Å². The lowest BCUT2D eigenvalue weighted by atomic mass is 10.1. The first-order chi connectivity index (χ1) is 9.28. The number of hydrogen-bond donors (Lipinski definition) is 1. The van der Waals surface area contributed by atoms with E-state index in [0.29, 0.717) is 0 Å². The number of nitrogens with zero attached hydrogens (tertiary/aromatic N) is 2. The number of benzene rings is 1. The van der Waals surface area contributed by atoms with Gasteiger partial charge in [-0.2, -0.15) is 0 Å². The predicted molar refractivity (Wildman–Crippen MR) is 78.5 cm³/mol. The molecule has 0 spiro atoms. The van der Waals surface area contributed by atoms with E-state index in [2.05, 4.69) is 34.1 Å². The molecule has 1 saturated carbocycles. The van der Waals surface area contributed by atoms with Gasteiger partial charge in [0, 0.05) is 37.9 Å². The lowest BCUT2D eigenvalue weighted by molar-refractivity contribution is 0.173. The number of aliphatic hydroxyl groups excluding tert-OH is 1. The molecule has 1 atom stereocenters. The second kappa shape index (κ2) is 5.51. The lowest BCUT2D eigenvalue weighted by Crippen LogP contribution is -2.47. The fraction of sp³-hybridized carbons (Fsp3) is 0.625. The molecule has 19 heavy (non-hydrogen) atoms. The van der Waals surface area contributed by atoms with Crippen molar-refractivity contribution in [3.05, 3.63) is 29.8 Å². The molecule has 0 radical (unpaired) electrons. The highest BCUT2D eigenvalue weighted by atomic mass is 16.3. The molecule has 104 valence electrons. The Morgan fingerprint density at radius 2 is 1.74 bits per heavy atom. The van der Waals surface area contributed by atoms with Crippen LogP contribution in [0.15, 0.2) is 24.3 Å². The van der Waals surface area contributed by atoms with Gasteiger partial charge in [0.25, 0.3) is 0 Å². The molecular weight excluding hydrogens is 236 g/mol. The van der Waals surface area contributed by atoms with Gasteiger partial charge in [-0.05, 0) is 37.0 Å². The van der Waals surface area contributed by atoms with E-state index < -0.39 is 0 Å². The first-order valence-electron chi connectivity index (χ1n) is 7.55. The average Bonchev–Trinajstić information content (AvgIpc) is 3.31. The lowest BCUT2D eigenvalue weighted by Gasteiger charge is -2.36. The van der Waals surface area contributed by atoms with Crippen LogP contribution in [-0.2, 0) is 0 Å². The summed E-state index contributed by atoms with van der Waals surface area (Å²) in [6, 6.07) is 9.33. The Balaban J connectivity index is 1.60. The van der Waals surface area contributed by atoms with Crippen LogP contribution in [0.2, 0.25) is 0 Å². The van der Waals surface area contributed by atoms with Crippen molar-refractivity contribution in [3.8, 4) is 0 Å². The van der Waals surface area contributed by atoms with Crippen molar-refractivity contribution in [1.82, 2.24) is 4.90 Å². The summed E-state index contributed by atoms with van der Waals surface area (Å²) in [6.45, 7) is 6.67. The first-order valence-corrected chi connectivity index (χ1v) is 7.55. The molecule has 1 saturated heterocycles. The molecule has 0 amide bonds. The van der Waals surface area contributed by atoms with Crippen molar-refractivity contribution in [3.63, 3.8) is 0 Å². The molecule has 2 fully saturated rings. The van der Waals surface area contributed by atoms with Gasteiger partial charge in [0.15, 0.2) is 0 Å². The Labute approximate surface area is 115 Å². The molecule has 3 rings (SSSR count). The van der Waals surface area contributed by atoms with E-state index >= 15 is 0 Å². The summed E-state index contributed by atoms with van der Waals surface area (Å²) in [5.74, 6) is 0. The Morgan fingerprint density at radius 1 is 1.11 bits per heavy atom. The predicted octanol–water partition coefficient (Wildman–Crippen LogP) is 2.41. The van der Waals surface area contributed by atoms with Crippen molar-refractivity contribution >= 4 is 5.69 Å². The Morgan fingerprint density at radius 3 is 2.26 bits per heavy atom. The van der Waals surface area contributed by atoms with Gasteiger partial charge in [-0.15, -0.1) is 0 Å². The molecular formula is C16H24N2O. The van der Waals surface area contributed by atoms with Gasteiger partial charge in [0.05, 0.1) is 6.10 Å². The maximum absolute atomic E-state index is 9.81. The van der Waals surface area contributed by atoms with Crippen LogP contribution in [0, 0.1) is 0 Å². The number of hydrogen-bond acceptors (Lipinski definition) is 3. The zero-order chi connectivity index (χ0) is 13.2. The number of rotatable bonds is 4. The van der Waals surface area contributed by atoms with Crippen LogP contribution in [-0.4, -0.2) is 42.2 Å². The molecule has 2 aliphatic rings. The average molecular weight is 260 g/mol. The Kier molecular flexibility index (Phi) is 3.76. The molecule has 1 heterocycles. The van der Waals surface area contributed by atoms with E-state index in [-0.39, 0.29) is 6.10 Å². The minimum absolute atomic E-state index is 0.319. The third-order valence-corrected chi connectivity index (χ3v) is 4.41. The molecule has 3 nitrogen and oxygen atoms in total. The SMILES string of the molecule is CC[C@H](O)c1ccc(N2CCN(C3CC3)CC2)cc1. The molecule has 1 aromatic carbocycles. The molecule has 3 heteroatoms. The van der Waals surface area contributed by atoms with Gasteiger partial charge in [-0.1, -0.05) is 19.1 Å². The molecule has 1 aliphatic carbocycles. The summed E-state index contributed by atoms with van der Waals surface area (Å²) in [4.78, 5) is 5.09. The van der Waals surface area contributed by atoms with E-state index in [0.717, 1.165) is 31.1 Å². The summed E-state index contributed by atoms with van der Waals surface area (Å²) in [5.41, 5.74) is 2.32. The van der Waals surface area contributed by atoms with Crippen LogP contribution >= 0.6 is 0 Å². The summed E-state index contributed by atoms with van der Waals surface area (Å²) < 4.78 is 0.